The van der Waals surface area contributed by atoms with Gasteiger partial charge in [0, 0.05) is 44.7 Å². The number of carboxylic acids is 1. The van der Waals surface area contributed by atoms with Gasteiger partial charge in [-0.3, -0.25) is 14.7 Å². The molecule has 1 atom stereocenters. The maximum Gasteiger partial charge on any atom is 0.342 e. The van der Waals surface area contributed by atoms with Crippen LogP contribution in [-0.2, 0) is 16.1 Å². The molecule has 3 saturated heterocycles. The van der Waals surface area contributed by atoms with Crippen LogP contribution in [0.2, 0.25) is 0 Å². The maximum atomic E-state index is 11.5. The number of hydrogen-bond donors (Lipinski definition) is 2. The SMILES string of the molecule is Cl.Cl.O=C=C(CC1(N2CCN(C3CCCCN3Cc3ccccc3)CC2)CCNCC1)C(=O)O. The second-order valence-electron chi connectivity index (χ2n) is 9.49. The van der Waals surface area contributed by atoms with Crippen molar-refractivity contribution in [1.29, 1.82) is 0 Å². The number of nitrogens with zero attached hydrogens (tertiary/aromatic N) is 3. The highest BCUT2D eigenvalue weighted by Crippen LogP contribution is 2.34. The van der Waals surface area contributed by atoms with Crippen molar-refractivity contribution in [3.8, 4) is 0 Å². The second-order valence-corrected chi connectivity index (χ2v) is 9.49. The van der Waals surface area contributed by atoms with Crippen LogP contribution in [0, 0.1) is 0 Å². The molecule has 3 heterocycles. The van der Waals surface area contributed by atoms with E-state index in [0.717, 1.165) is 65.2 Å². The number of nitrogens with one attached hydrogen (secondary N) is 1. The molecular weight excluding hydrogens is 475 g/mol. The highest BCUT2D eigenvalue weighted by molar-refractivity contribution is 5.95. The molecule has 0 bridgehead atoms. The Morgan fingerprint density at radius 2 is 1.71 bits per heavy atom. The zero-order valence-corrected chi connectivity index (χ0v) is 21.4. The molecule has 4 rings (SSSR count). The van der Waals surface area contributed by atoms with Crippen LogP contribution in [0.3, 0.4) is 0 Å². The molecule has 9 heteroatoms. The van der Waals surface area contributed by atoms with E-state index in [4.69, 9.17) is 0 Å². The van der Waals surface area contributed by atoms with E-state index in [1.165, 1.54) is 24.8 Å². The van der Waals surface area contributed by atoms with Gasteiger partial charge in [-0.05, 0) is 57.3 Å². The van der Waals surface area contributed by atoms with Crippen LogP contribution in [0.1, 0.15) is 44.1 Å². The fraction of sp³-hybridized carbons (Fsp3) is 0.640. The average Bonchev–Trinajstić information content (AvgIpc) is 2.84. The van der Waals surface area contributed by atoms with Gasteiger partial charge < -0.3 is 10.4 Å². The number of rotatable bonds is 7. The molecule has 190 valence electrons. The van der Waals surface area contributed by atoms with Crippen LogP contribution in [0.15, 0.2) is 35.9 Å². The Morgan fingerprint density at radius 1 is 1.03 bits per heavy atom. The van der Waals surface area contributed by atoms with Crippen molar-refractivity contribution in [2.24, 2.45) is 0 Å². The Balaban J connectivity index is 0.00000204. The van der Waals surface area contributed by atoms with E-state index in [2.05, 4.69) is 50.3 Å². The molecule has 1 unspecified atom stereocenters. The summed E-state index contributed by atoms with van der Waals surface area (Å²) in [5, 5.41) is 12.8. The summed E-state index contributed by atoms with van der Waals surface area (Å²) < 4.78 is 0. The molecule has 7 nitrogen and oxygen atoms in total. The summed E-state index contributed by atoms with van der Waals surface area (Å²) in [5.74, 6) is 0.576. The molecular formula is C25H38Cl2N4O3. The first-order chi connectivity index (χ1) is 15.6. The van der Waals surface area contributed by atoms with Crippen LogP contribution in [0.4, 0.5) is 0 Å². The van der Waals surface area contributed by atoms with Gasteiger partial charge in [0.05, 0.1) is 6.17 Å². The Bertz CT molecular complexity index is 821. The molecule has 34 heavy (non-hydrogen) atoms. The molecule has 1 aromatic carbocycles. The van der Waals surface area contributed by atoms with E-state index in [1.54, 1.807) is 5.94 Å². The fourth-order valence-electron chi connectivity index (χ4n) is 5.86. The number of aliphatic carboxylic acids is 1. The van der Waals surface area contributed by atoms with Crippen molar-refractivity contribution in [2.75, 3.05) is 45.8 Å². The summed E-state index contributed by atoms with van der Waals surface area (Å²) >= 11 is 0. The van der Waals surface area contributed by atoms with Crippen molar-refractivity contribution in [3.63, 3.8) is 0 Å². The van der Waals surface area contributed by atoms with Crippen LogP contribution in [0.25, 0.3) is 0 Å². The topological polar surface area (TPSA) is 76.1 Å². The number of likely N-dealkylation sites (tertiary alicyclic amines) is 1. The van der Waals surface area contributed by atoms with E-state index in [-0.39, 0.29) is 42.3 Å². The minimum atomic E-state index is -1.13. The highest BCUT2D eigenvalue weighted by atomic mass is 35.5. The summed E-state index contributed by atoms with van der Waals surface area (Å²) in [6, 6.07) is 10.7. The minimum absolute atomic E-state index is 0. The molecule has 0 spiro atoms. The van der Waals surface area contributed by atoms with Crippen LogP contribution < -0.4 is 5.32 Å². The Labute approximate surface area is 215 Å². The number of carboxylic acid groups (broad SMARTS) is 1. The Kier molecular flexibility index (Phi) is 11.5. The van der Waals surface area contributed by atoms with E-state index >= 15 is 0 Å². The molecule has 2 N–H and O–H groups in total. The highest BCUT2D eigenvalue weighted by Gasteiger charge is 2.42. The third-order valence-corrected chi connectivity index (χ3v) is 7.64. The molecule has 0 saturated carbocycles. The Hall–Kier alpha value is -1.44. The monoisotopic (exact) mass is 512 g/mol. The Morgan fingerprint density at radius 3 is 2.32 bits per heavy atom. The lowest BCUT2D eigenvalue weighted by molar-refractivity contribution is -0.133. The zero-order valence-electron chi connectivity index (χ0n) is 19.8. The van der Waals surface area contributed by atoms with E-state index < -0.39 is 5.97 Å². The third-order valence-electron chi connectivity index (χ3n) is 7.64. The second kappa shape index (κ2) is 13.6. The lowest BCUT2D eigenvalue weighted by atomic mass is 9.80. The molecule has 0 radical (unpaired) electrons. The van der Waals surface area contributed by atoms with Gasteiger partial charge in [0.1, 0.15) is 11.5 Å². The van der Waals surface area contributed by atoms with Crippen molar-refractivity contribution in [2.45, 2.75) is 56.8 Å². The predicted octanol–water partition coefficient (Wildman–Crippen LogP) is 2.81. The van der Waals surface area contributed by atoms with E-state index in [1.807, 2.05) is 0 Å². The number of piperazine rings is 1. The number of halogens is 2. The number of piperidine rings is 2. The molecule has 0 aromatic heterocycles. The van der Waals surface area contributed by atoms with E-state index in [0.29, 0.717) is 6.17 Å². The number of benzene rings is 1. The van der Waals surface area contributed by atoms with Gasteiger partial charge in [-0.25, -0.2) is 9.59 Å². The molecule has 1 aromatic rings. The van der Waals surface area contributed by atoms with Crippen LogP contribution in [0.5, 0.6) is 0 Å². The van der Waals surface area contributed by atoms with Gasteiger partial charge in [0.15, 0.2) is 0 Å². The summed E-state index contributed by atoms with van der Waals surface area (Å²) in [6.07, 6.45) is 6.24. The smallest absolute Gasteiger partial charge is 0.342 e. The van der Waals surface area contributed by atoms with Gasteiger partial charge in [-0.2, -0.15) is 0 Å². The number of hydrogen-bond acceptors (Lipinski definition) is 6. The zero-order chi connectivity index (χ0) is 22.4. The lowest BCUT2D eigenvalue weighted by Gasteiger charge is -2.52. The summed E-state index contributed by atoms with van der Waals surface area (Å²) in [7, 11) is 0. The molecule has 3 aliphatic heterocycles. The first-order valence-corrected chi connectivity index (χ1v) is 12.1. The number of carbonyl (C=O) groups excluding carboxylic acids is 1. The molecule has 0 aliphatic carbocycles. The van der Waals surface area contributed by atoms with Crippen molar-refractivity contribution >= 4 is 36.7 Å². The molecule has 0 amide bonds. The first-order valence-electron chi connectivity index (χ1n) is 12.1. The van der Waals surface area contributed by atoms with Crippen LogP contribution in [-0.4, -0.2) is 89.2 Å². The average molecular weight is 514 g/mol. The number of carbonyl (C=O) groups is 1. The van der Waals surface area contributed by atoms with Gasteiger partial charge >= 0.3 is 5.97 Å². The van der Waals surface area contributed by atoms with Crippen molar-refractivity contribution < 1.29 is 14.7 Å². The van der Waals surface area contributed by atoms with Gasteiger partial charge in [0.25, 0.3) is 0 Å². The molecule has 3 aliphatic rings. The molecule has 3 fully saturated rings. The third kappa shape index (κ3) is 6.82. The van der Waals surface area contributed by atoms with Crippen molar-refractivity contribution in [1.82, 2.24) is 20.0 Å². The minimum Gasteiger partial charge on any atom is -0.477 e. The van der Waals surface area contributed by atoms with E-state index in [9.17, 15) is 14.7 Å². The van der Waals surface area contributed by atoms with Crippen molar-refractivity contribution in [3.05, 3.63) is 41.5 Å². The quantitative estimate of drug-likeness (QED) is 0.429. The van der Waals surface area contributed by atoms with Gasteiger partial charge in [-0.15, -0.1) is 24.8 Å². The first kappa shape index (κ1) is 28.8. The van der Waals surface area contributed by atoms with Crippen LogP contribution >= 0.6 is 24.8 Å². The van der Waals surface area contributed by atoms with Gasteiger partial charge in [0.2, 0.25) is 0 Å². The largest absolute Gasteiger partial charge is 0.477 e. The predicted molar refractivity (Wildman–Crippen MR) is 138 cm³/mol. The summed E-state index contributed by atoms with van der Waals surface area (Å²) in [5.41, 5.74) is 1.00. The normalized spacial score (nSPS) is 23.7. The standard InChI is InChI=1S/C25H36N4O3.2ClH/c30-20-22(24(31)32)18-25(9-11-26-12-10-25)29-16-14-27(15-17-29)23-8-4-5-13-28(23)19-21-6-2-1-3-7-21;;/h1-3,6-7,23,26H,4-5,8-19H2,(H,31,32);2*1H. The fourth-order valence-corrected chi connectivity index (χ4v) is 5.86. The summed E-state index contributed by atoms with van der Waals surface area (Å²) in [4.78, 5) is 30.6. The maximum absolute atomic E-state index is 11.5. The summed E-state index contributed by atoms with van der Waals surface area (Å²) in [6.45, 7) is 7.66. The lowest BCUT2D eigenvalue weighted by Crippen LogP contribution is -2.63. The van der Waals surface area contributed by atoms with Gasteiger partial charge in [-0.1, -0.05) is 30.3 Å².